The molecule has 0 aromatic rings. The number of nitrogens with two attached hydrogens (primary N) is 1. The van der Waals surface area contributed by atoms with Crippen LogP contribution in [0.2, 0.25) is 0 Å². The Labute approximate surface area is 98.2 Å². The van der Waals surface area contributed by atoms with E-state index in [9.17, 15) is 4.79 Å². The molecule has 0 unspecified atom stereocenters. The zero-order valence-corrected chi connectivity index (χ0v) is 10.3. The molecule has 0 aromatic heterocycles. The minimum atomic E-state index is -0.381. The maximum absolute atomic E-state index is 11.7. The first kappa shape index (κ1) is 11.9. The molecule has 0 aliphatic heterocycles. The Hall–Kier alpha value is -0.570. The van der Waals surface area contributed by atoms with E-state index in [0.29, 0.717) is 0 Å². The number of carbonyl (C=O) groups is 1. The Morgan fingerprint density at radius 3 is 2.31 bits per heavy atom. The quantitative estimate of drug-likeness (QED) is 0.748. The number of hydrogen-bond donors (Lipinski definition) is 2. The van der Waals surface area contributed by atoms with Crippen molar-refractivity contribution >= 4 is 5.91 Å². The molecule has 0 aromatic carbocycles. The van der Waals surface area contributed by atoms with Crippen LogP contribution in [-0.4, -0.2) is 18.0 Å². The normalized spacial score (nSPS) is 34.9. The third-order valence-corrected chi connectivity index (χ3v) is 4.43. The molecule has 0 bridgehead atoms. The summed E-state index contributed by atoms with van der Waals surface area (Å²) in [6, 6.07) is 0. The Bertz CT molecular complexity index is 253. The number of hydrogen-bond acceptors (Lipinski definition) is 2. The summed E-state index contributed by atoms with van der Waals surface area (Å²) >= 11 is 0. The van der Waals surface area contributed by atoms with Gasteiger partial charge in [-0.2, -0.15) is 0 Å². The molecule has 0 spiro atoms. The molecular weight excluding hydrogens is 200 g/mol. The van der Waals surface area contributed by atoms with E-state index in [1.165, 1.54) is 19.3 Å². The Kier molecular flexibility index (Phi) is 3.53. The summed E-state index contributed by atoms with van der Waals surface area (Å²) in [5, 5.41) is 3.47. The van der Waals surface area contributed by atoms with Gasteiger partial charge in [0.25, 0.3) is 0 Å². The van der Waals surface area contributed by atoms with Crippen molar-refractivity contribution in [3.63, 3.8) is 0 Å². The molecule has 3 heteroatoms. The van der Waals surface area contributed by atoms with Gasteiger partial charge in [-0.1, -0.05) is 13.3 Å². The third-order valence-electron chi connectivity index (χ3n) is 4.43. The standard InChI is InChI=1S/C13H24N2O/c1-2-10-5-7-13(8-6-10,12(14)16)15-9-11-3-4-11/h10-11,15H,2-9H2,1H3,(H2,14,16). The van der Waals surface area contributed by atoms with Gasteiger partial charge in [0, 0.05) is 0 Å². The SMILES string of the molecule is CCC1CCC(NCC2CC2)(C(N)=O)CC1. The van der Waals surface area contributed by atoms with E-state index < -0.39 is 0 Å². The zero-order valence-electron chi connectivity index (χ0n) is 10.3. The molecule has 2 fully saturated rings. The first-order chi connectivity index (χ1) is 7.66. The van der Waals surface area contributed by atoms with Gasteiger partial charge in [-0.25, -0.2) is 0 Å². The van der Waals surface area contributed by atoms with Crippen LogP contribution in [0.3, 0.4) is 0 Å². The van der Waals surface area contributed by atoms with Gasteiger partial charge in [-0.3, -0.25) is 4.79 Å². The molecule has 2 aliphatic carbocycles. The highest BCUT2D eigenvalue weighted by Crippen LogP contribution is 2.35. The lowest BCUT2D eigenvalue weighted by molar-refractivity contribution is -0.126. The van der Waals surface area contributed by atoms with Crippen LogP contribution in [0.4, 0.5) is 0 Å². The van der Waals surface area contributed by atoms with Crippen LogP contribution < -0.4 is 11.1 Å². The maximum Gasteiger partial charge on any atom is 0.237 e. The lowest BCUT2D eigenvalue weighted by Gasteiger charge is -2.38. The van der Waals surface area contributed by atoms with Crippen LogP contribution in [0.1, 0.15) is 51.9 Å². The monoisotopic (exact) mass is 224 g/mol. The summed E-state index contributed by atoms with van der Waals surface area (Å²) < 4.78 is 0. The highest BCUT2D eigenvalue weighted by atomic mass is 16.1. The zero-order chi connectivity index (χ0) is 11.6. The summed E-state index contributed by atoms with van der Waals surface area (Å²) in [7, 11) is 0. The summed E-state index contributed by atoms with van der Waals surface area (Å²) in [6.07, 6.45) is 8.05. The van der Waals surface area contributed by atoms with Gasteiger partial charge < -0.3 is 11.1 Å². The maximum atomic E-state index is 11.7. The van der Waals surface area contributed by atoms with Crippen molar-refractivity contribution < 1.29 is 4.79 Å². The second-order valence-electron chi connectivity index (χ2n) is 5.62. The van der Waals surface area contributed by atoms with Crippen LogP contribution in [0.5, 0.6) is 0 Å². The van der Waals surface area contributed by atoms with E-state index in [4.69, 9.17) is 5.73 Å². The third kappa shape index (κ3) is 2.57. The van der Waals surface area contributed by atoms with Gasteiger partial charge in [0.05, 0.1) is 5.54 Å². The van der Waals surface area contributed by atoms with Crippen molar-refractivity contribution in [3.8, 4) is 0 Å². The molecule has 1 amide bonds. The first-order valence-electron chi connectivity index (χ1n) is 6.71. The van der Waals surface area contributed by atoms with Crippen molar-refractivity contribution in [2.75, 3.05) is 6.54 Å². The van der Waals surface area contributed by atoms with Gasteiger partial charge >= 0.3 is 0 Å². The molecule has 0 heterocycles. The summed E-state index contributed by atoms with van der Waals surface area (Å²) in [4.78, 5) is 11.7. The average molecular weight is 224 g/mol. The van der Waals surface area contributed by atoms with E-state index in [2.05, 4.69) is 12.2 Å². The largest absolute Gasteiger partial charge is 0.368 e. The van der Waals surface area contributed by atoms with Gasteiger partial charge in [0.15, 0.2) is 0 Å². The van der Waals surface area contributed by atoms with E-state index in [1.54, 1.807) is 0 Å². The van der Waals surface area contributed by atoms with Crippen molar-refractivity contribution in [2.24, 2.45) is 17.6 Å². The number of nitrogens with one attached hydrogen (secondary N) is 1. The molecule has 16 heavy (non-hydrogen) atoms. The van der Waals surface area contributed by atoms with Crippen LogP contribution in [0.15, 0.2) is 0 Å². The van der Waals surface area contributed by atoms with Crippen LogP contribution in [-0.2, 0) is 4.79 Å². The van der Waals surface area contributed by atoms with Crippen molar-refractivity contribution in [2.45, 2.75) is 57.4 Å². The lowest BCUT2D eigenvalue weighted by atomic mass is 9.75. The molecule has 0 atom stereocenters. The first-order valence-corrected chi connectivity index (χ1v) is 6.71. The fourth-order valence-electron chi connectivity index (χ4n) is 2.75. The molecule has 2 aliphatic rings. The minimum absolute atomic E-state index is 0.136. The summed E-state index contributed by atoms with van der Waals surface area (Å²) in [5.41, 5.74) is 5.21. The van der Waals surface area contributed by atoms with Crippen LogP contribution in [0, 0.1) is 11.8 Å². The molecule has 92 valence electrons. The molecule has 2 saturated carbocycles. The molecule has 3 N–H and O–H groups in total. The predicted octanol–water partition coefficient (Wildman–Crippen LogP) is 1.81. The Morgan fingerprint density at radius 1 is 1.25 bits per heavy atom. The molecular formula is C13H24N2O. The van der Waals surface area contributed by atoms with E-state index in [1.807, 2.05) is 0 Å². The predicted molar refractivity (Wildman–Crippen MR) is 64.9 cm³/mol. The summed E-state index contributed by atoms with van der Waals surface area (Å²) in [6.45, 7) is 3.22. The van der Waals surface area contributed by atoms with E-state index in [-0.39, 0.29) is 11.4 Å². The summed E-state index contributed by atoms with van der Waals surface area (Å²) in [5.74, 6) is 1.47. The van der Waals surface area contributed by atoms with Gasteiger partial charge in [0.1, 0.15) is 0 Å². The van der Waals surface area contributed by atoms with Crippen LogP contribution >= 0.6 is 0 Å². The van der Waals surface area contributed by atoms with Gasteiger partial charge in [0.2, 0.25) is 5.91 Å². The smallest absolute Gasteiger partial charge is 0.237 e. The van der Waals surface area contributed by atoms with Gasteiger partial charge in [-0.15, -0.1) is 0 Å². The van der Waals surface area contributed by atoms with Crippen molar-refractivity contribution in [1.29, 1.82) is 0 Å². The molecule has 0 saturated heterocycles. The second kappa shape index (κ2) is 4.74. The topological polar surface area (TPSA) is 55.1 Å². The van der Waals surface area contributed by atoms with Crippen molar-refractivity contribution in [1.82, 2.24) is 5.32 Å². The second-order valence-corrected chi connectivity index (χ2v) is 5.62. The highest BCUT2D eigenvalue weighted by Gasteiger charge is 2.40. The minimum Gasteiger partial charge on any atom is -0.368 e. The molecule has 3 nitrogen and oxygen atoms in total. The number of amides is 1. The number of carbonyl (C=O) groups excluding carboxylic acids is 1. The number of rotatable bonds is 5. The Balaban J connectivity index is 1.90. The average Bonchev–Trinajstić information content (AvgIpc) is 3.10. The molecule has 0 radical (unpaired) electrons. The fourth-order valence-corrected chi connectivity index (χ4v) is 2.75. The number of primary amides is 1. The highest BCUT2D eigenvalue weighted by molar-refractivity contribution is 5.84. The van der Waals surface area contributed by atoms with Gasteiger partial charge in [-0.05, 0) is 56.9 Å². The molecule has 2 rings (SSSR count). The van der Waals surface area contributed by atoms with E-state index >= 15 is 0 Å². The van der Waals surface area contributed by atoms with E-state index in [0.717, 1.165) is 44.1 Å². The van der Waals surface area contributed by atoms with Crippen molar-refractivity contribution in [3.05, 3.63) is 0 Å². The fraction of sp³-hybridized carbons (Fsp3) is 0.923. The Morgan fingerprint density at radius 2 is 1.88 bits per heavy atom. The lowest BCUT2D eigenvalue weighted by Crippen LogP contribution is -2.57. The van der Waals surface area contributed by atoms with Crippen LogP contribution in [0.25, 0.3) is 0 Å².